The third-order valence-corrected chi connectivity index (χ3v) is 5.23. The van der Waals surface area contributed by atoms with Gasteiger partial charge >= 0.3 is 0 Å². The molecule has 6 nitrogen and oxygen atoms in total. The second-order valence-corrected chi connectivity index (χ2v) is 7.38. The lowest BCUT2D eigenvalue weighted by Gasteiger charge is -2.25. The average molecular weight is 411 g/mol. The van der Waals surface area contributed by atoms with E-state index >= 15 is 0 Å². The van der Waals surface area contributed by atoms with Crippen molar-refractivity contribution in [3.63, 3.8) is 0 Å². The van der Waals surface area contributed by atoms with Gasteiger partial charge in [-0.2, -0.15) is 0 Å². The minimum Gasteiger partial charge on any atom is -0.486 e. The second-order valence-electron chi connectivity index (χ2n) is 7.38. The van der Waals surface area contributed by atoms with Gasteiger partial charge in [-0.15, -0.1) is 0 Å². The van der Waals surface area contributed by atoms with Crippen molar-refractivity contribution in [3.05, 3.63) is 95.9 Å². The van der Waals surface area contributed by atoms with Crippen molar-refractivity contribution in [2.75, 3.05) is 13.2 Å². The number of hydrogen-bond donors (Lipinski definition) is 0. The number of carbonyl (C=O) groups excluding carboxylic acids is 1. The van der Waals surface area contributed by atoms with Crippen molar-refractivity contribution in [3.8, 4) is 11.5 Å². The van der Waals surface area contributed by atoms with Crippen LogP contribution in [0.4, 0.5) is 0 Å². The first-order valence-corrected chi connectivity index (χ1v) is 10.2. The predicted molar refractivity (Wildman–Crippen MR) is 117 cm³/mol. The topological polar surface area (TPSA) is 64.6 Å². The van der Waals surface area contributed by atoms with E-state index in [0.29, 0.717) is 43.1 Å². The van der Waals surface area contributed by atoms with Gasteiger partial charge in [-0.05, 0) is 41.5 Å². The Morgan fingerprint density at radius 3 is 2.55 bits per heavy atom. The molecule has 5 rings (SSSR count). The van der Waals surface area contributed by atoms with Gasteiger partial charge in [0.15, 0.2) is 11.5 Å². The predicted octanol–water partition coefficient (Wildman–Crippen LogP) is 4.24. The number of ether oxygens (including phenoxy) is 2. The van der Waals surface area contributed by atoms with E-state index in [0.717, 1.165) is 22.3 Å². The fraction of sp³-hybridized carbons (Fsp3) is 0.160. The molecule has 0 unspecified atom stereocenters. The van der Waals surface area contributed by atoms with Crippen molar-refractivity contribution in [1.29, 1.82) is 0 Å². The molecule has 1 aliphatic rings. The van der Waals surface area contributed by atoms with Crippen molar-refractivity contribution < 1.29 is 14.3 Å². The first-order valence-electron chi connectivity index (χ1n) is 10.2. The summed E-state index contributed by atoms with van der Waals surface area (Å²) in [4.78, 5) is 24.1. The molecule has 154 valence electrons. The Morgan fingerprint density at radius 1 is 0.871 bits per heavy atom. The molecule has 0 fully saturated rings. The maximum absolute atomic E-state index is 13.7. The molecule has 6 heteroatoms. The van der Waals surface area contributed by atoms with Gasteiger partial charge in [-0.25, -0.2) is 0 Å². The van der Waals surface area contributed by atoms with Crippen LogP contribution in [0.25, 0.3) is 10.9 Å². The molecule has 31 heavy (non-hydrogen) atoms. The summed E-state index contributed by atoms with van der Waals surface area (Å²) in [5, 5.41) is 0.939. The molecule has 2 aromatic carbocycles. The number of pyridine rings is 2. The highest BCUT2D eigenvalue weighted by Crippen LogP contribution is 2.31. The zero-order valence-electron chi connectivity index (χ0n) is 16.9. The summed E-state index contributed by atoms with van der Waals surface area (Å²) >= 11 is 0. The standard InChI is InChI=1S/C25H21N3O3/c29-25(21-7-1-5-20-6-3-11-27-24(20)21)28(17-19-4-2-10-26-15-19)16-18-8-9-22-23(14-18)31-13-12-30-22/h1-11,14-15H,12-13,16-17H2. The summed E-state index contributed by atoms with van der Waals surface area (Å²) in [5.74, 6) is 1.37. The van der Waals surface area contributed by atoms with Gasteiger partial charge in [0, 0.05) is 37.1 Å². The summed E-state index contributed by atoms with van der Waals surface area (Å²) in [6.45, 7) is 1.93. The highest BCUT2D eigenvalue weighted by molar-refractivity contribution is 6.05. The normalized spacial score (nSPS) is 12.5. The van der Waals surface area contributed by atoms with Gasteiger partial charge in [0.05, 0.1) is 11.1 Å². The third kappa shape index (κ3) is 4.05. The van der Waals surface area contributed by atoms with E-state index in [2.05, 4.69) is 9.97 Å². The van der Waals surface area contributed by atoms with Gasteiger partial charge in [0.2, 0.25) is 0 Å². The van der Waals surface area contributed by atoms with Crippen LogP contribution in [-0.4, -0.2) is 34.0 Å². The van der Waals surface area contributed by atoms with Crippen LogP contribution in [0.2, 0.25) is 0 Å². The quantitative estimate of drug-likeness (QED) is 0.491. The molecule has 0 saturated heterocycles. The minimum absolute atomic E-state index is 0.0805. The maximum Gasteiger partial charge on any atom is 0.256 e. The Labute approximate surface area is 180 Å². The summed E-state index contributed by atoms with van der Waals surface area (Å²) in [6.07, 6.45) is 5.22. The van der Waals surface area contributed by atoms with Crippen LogP contribution in [0.15, 0.2) is 79.3 Å². The highest BCUT2D eigenvalue weighted by atomic mass is 16.6. The van der Waals surface area contributed by atoms with Gasteiger partial charge in [-0.3, -0.25) is 14.8 Å². The maximum atomic E-state index is 13.7. The number of rotatable bonds is 5. The number of carbonyl (C=O) groups is 1. The average Bonchev–Trinajstić information content (AvgIpc) is 2.83. The number of aromatic nitrogens is 2. The van der Waals surface area contributed by atoms with Gasteiger partial charge in [0.1, 0.15) is 13.2 Å². The van der Waals surface area contributed by atoms with Gasteiger partial charge in [-0.1, -0.05) is 30.3 Å². The molecule has 0 aliphatic carbocycles. The number of para-hydroxylation sites is 1. The Kier molecular flexibility index (Phi) is 5.19. The molecule has 0 spiro atoms. The second kappa shape index (κ2) is 8.44. The Bertz CT molecular complexity index is 1220. The fourth-order valence-electron chi connectivity index (χ4n) is 3.77. The van der Waals surface area contributed by atoms with Gasteiger partial charge in [0.25, 0.3) is 5.91 Å². The zero-order valence-corrected chi connectivity index (χ0v) is 16.9. The largest absolute Gasteiger partial charge is 0.486 e. The lowest BCUT2D eigenvalue weighted by atomic mass is 10.1. The van der Waals surface area contributed by atoms with Crippen LogP contribution in [0.5, 0.6) is 11.5 Å². The van der Waals surface area contributed by atoms with Crippen molar-refractivity contribution in [1.82, 2.24) is 14.9 Å². The number of hydrogen-bond acceptors (Lipinski definition) is 5. The first-order chi connectivity index (χ1) is 15.3. The van der Waals surface area contributed by atoms with Crippen LogP contribution in [0.1, 0.15) is 21.5 Å². The van der Waals surface area contributed by atoms with E-state index in [1.54, 1.807) is 18.6 Å². The molecule has 0 bridgehead atoms. The number of nitrogens with zero attached hydrogens (tertiary/aromatic N) is 3. The molecular weight excluding hydrogens is 390 g/mol. The minimum atomic E-state index is -0.0805. The van der Waals surface area contributed by atoms with Crippen LogP contribution in [-0.2, 0) is 13.1 Å². The Hall–Kier alpha value is -3.93. The van der Waals surface area contributed by atoms with E-state index in [1.165, 1.54) is 0 Å². The molecule has 3 heterocycles. The lowest BCUT2D eigenvalue weighted by molar-refractivity contribution is 0.0731. The van der Waals surface area contributed by atoms with Crippen LogP contribution < -0.4 is 9.47 Å². The zero-order chi connectivity index (χ0) is 21.0. The lowest BCUT2D eigenvalue weighted by Crippen LogP contribution is -2.30. The van der Waals surface area contributed by atoms with Crippen molar-refractivity contribution in [2.24, 2.45) is 0 Å². The summed E-state index contributed by atoms with van der Waals surface area (Å²) < 4.78 is 11.3. The number of amides is 1. The molecule has 0 saturated carbocycles. The molecule has 0 N–H and O–H groups in total. The van der Waals surface area contributed by atoms with E-state index in [9.17, 15) is 4.79 Å². The first kappa shape index (κ1) is 19.1. The van der Waals surface area contributed by atoms with E-state index in [-0.39, 0.29) is 5.91 Å². The molecule has 4 aromatic rings. The molecular formula is C25H21N3O3. The number of fused-ring (bicyclic) bond motifs is 2. The molecule has 2 aromatic heterocycles. The third-order valence-electron chi connectivity index (χ3n) is 5.23. The number of benzene rings is 2. The van der Waals surface area contributed by atoms with Crippen molar-refractivity contribution in [2.45, 2.75) is 13.1 Å². The van der Waals surface area contributed by atoms with Crippen molar-refractivity contribution >= 4 is 16.8 Å². The SMILES string of the molecule is O=C(c1cccc2cccnc12)N(Cc1cccnc1)Cc1ccc2c(c1)OCCO2. The monoisotopic (exact) mass is 411 g/mol. The van der Waals surface area contributed by atoms with Crippen LogP contribution in [0.3, 0.4) is 0 Å². The highest BCUT2D eigenvalue weighted by Gasteiger charge is 2.21. The summed E-state index contributed by atoms with van der Waals surface area (Å²) in [5.41, 5.74) is 3.21. The molecule has 0 radical (unpaired) electrons. The summed E-state index contributed by atoms with van der Waals surface area (Å²) in [6, 6.07) is 19.2. The van der Waals surface area contributed by atoms with Crippen LogP contribution >= 0.6 is 0 Å². The van der Waals surface area contributed by atoms with Gasteiger partial charge < -0.3 is 14.4 Å². The van der Waals surface area contributed by atoms with E-state index in [1.807, 2.05) is 65.6 Å². The molecule has 0 atom stereocenters. The van der Waals surface area contributed by atoms with E-state index < -0.39 is 0 Å². The smallest absolute Gasteiger partial charge is 0.256 e. The molecule has 1 aliphatic heterocycles. The molecule has 1 amide bonds. The summed E-state index contributed by atoms with van der Waals surface area (Å²) in [7, 11) is 0. The Balaban J connectivity index is 1.50. The van der Waals surface area contributed by atoms with Crippen LogP contribution in [0, 0.1) is 0 Å². The fourth-order valence-corrected chi connectivity index (χ4v) is 3.77. The van der Waals surface area contributed by atoms with E-state index in [4.69, 9.17) is 9.47 Å². The Morgan fingerprint density at radius 2 is 1.68 bits per heavy atom.